The molecule has 0 aromatic heterocycles. The minimum atomic E-state index is -0.145. The number of ketones is 1. The number of nitrogens with two attached hydrogens (primary N) is 1. The standard InChI is InChI=1S/C17H24N2O2/c1-2-3-4-5-6-8-12-13(11-18)17(19)21-15-10-7-9-14(20)16(12)15/h12H,2-10,19H2,1H3. The van der Waals surface area contributed by atoms with Crippen molar-refractivity contribution in [3.63, 3.8) is 0 Å². The van der Waals surface area contributed by atoms with Crippen molar-refractivity contribution in [2.45, 2.75) is 64.7 Å². The Labute approximate surface area is 126 Å². The maximum atomic E-state index is 12.2. The van der Waals surface area contributed by atoms with Crippen LogP contribution in [0.3, 0.4) is 0 Å². The molecule has 0 bridgehead atoms. The molecule has 0 fully saturated rings. The van der Waals surface area contributed by atoms with Crippen molar-refractivity contribution in [2.75, 3.05) is 0 Å². The van der Waals surface area contributed by atoms with Crippen LogP contribution >= 0.6 is 0 Å². The number of hydrogen-bond acceptors (Lipinski definition) is 4. The first-order valence-electron chi connectivity index (χ1n) is 8.02. The highest BCUT2D eigenvalue weighted by molar-refractivity contribution is 5.98. The first kappa shape index (κ1) is 15.6. The van der Waals surface area contributed by atoms with Crippen LogP contribution in [0.25, 0.3) is 0 Å². The zero-order valence-corrected chi connectivity index (χ0v) is 12.8. The second kappa shape index (κ2) is 7.31. The second-order valence-electron chi connectivity index (χ2n) is 5.86. The molecule has 1 atom stereocenters. The van der Waals surface area contributed by atoms with Crippen molar-refractivity contribution >= 4 is 5.78 Å². The van der Waals surface area contributed by atoms with Crippen LogP contribution < -0.4 is 5.73 Å². The molecule has 1 heterocycles. The van der Waals surface area contributed by atoms with E-state index in [9.17, 15) is 10.1 Å². The SMILES string of the molecule is CCCCCCCC1C(C#N)=C(N)OC2=C1C(=O)CCC2. The largest absolute Gasteiger partial charge is 0.444 e. The second-order valence-corrected chi connectivity index (χ2v) is 5.86. The van der Waals surface area contributed by atoms with Crippen LogP contribution in [0.4, 0.5) is 0 Å². The summed E-state index contributed by atoms with van der Waals surface area (Å²) in [6.07, 6.45) is 8.77. The smallest absolute Gasteiger partial charge is 0.204 e. The summed E-state index contributed by atoms with van der Waals surface area (Å²) in [5.74, 6) is 0.897. The van der Waals surface area contributed by atoms with Crippen molar-refractivity contribution in [2.24, 2.45) is 11.7 Å². The van der Waals surface area contributed by atoms with Gasteiger partial charge >= 0.3 is 0 Å². The third kappa shape index (κ3) is 3.47. The number of carbonyl (C=O) groups excluding carboxylic acids is 1. The van der Waals surface area contributed by atoms with Gasteiger partial charge < -0.3 is 10.5 Å². The molecule has 0 aromatic rings. The summed E-state index contributed by atoms with van der Waals surface area (Å²) < 4.78 is 5.53. The first-order chi connectivity index (χ1) is 10.2. The summed E-state index contributed by atoms with van der Waals surface area (Å²) in [5, 5.41) is 9.35. The molecule has 4 heteroatoms. The molecule has 2 aliphatic rings. The highest BCUT2D eigenvalue weighted by Gasteiger charge is 2.36. The molecule has 1 unspecified atom stereocenters. The van der Waals surface area contributed by atoms with Gasteiger partial charge in [-0.15, -0.1) is 0 Å². The van der Waals surface area contributed by atoms with Crippen molar-refractivity contribution in [1.29, 1.82) is 5.26 Å². The fourth-order valence-electron chi connectivity index (χ4n) is 3.21. The topological polar surface area (TPSA) is 76.1 Å². The first-order valence-corrected chi connectivity index (χ1v) is 8.02. The average molecular weight is 288 g/mol. The minimum Gasteiger partial charge on any atom is -0.444 e. The monoisotopic (exact) mass is 288 g/mol. The maximum Gasteiger partial charge on any atom is 0.204 e. The van der Waals surface area contributed by atoms with Gasteiger partial charge in [0.25, 0.3) is 0 Å². The minimum absolute atomic E-state index is 0.134. The number of nitrogens with zero attached hydrogens (tertiary/aromatic N) is 1. The Hall–Kier alpha value is -1.76. The van der Waals surface area contributed by atoms with Gasteiger partial charge in [-0.05, 0) is 12.8 Å². The van der Waals surface area contributed by atoms with Gasteiger partial charge in [0.1, 0.15) is 11.8 Å². The van der Waals surface area contributed by atoms with E-state index in [1.165, 1.54) is 19.3 Å². The van der Waals surface area contributed by atoms with Gasteiger partial charge in [0.15, 0.2) is 5.78 Å². The van der Waals surface area contributed by atoms with E-state index in [4.69, 9.17) is 10.5 Å². The van der Waals surface area contributed by atoms with Crippen LogP contribution in [0.2, 0.25) is 0 Å². The molecular weight excluding hydrogens is 264 g/mol. The van der Waals surface area contributed by atoms with Crippen molar-refractivity contribution in [1.82, 2.24) is 0 Å². The summed E-state index contributed by atoms with van der Waals surface area (Å²) in [6.45, 7) is 2.19. The Bertz CT molecular complexity index is 511. The van der Waals surface area contributed by atoms with Gasteiger partial charge in [-0.2, -0.15) is 5.26 Å². The highest BCUT2D eigenvalue weighted by atomic mass is 16.5. The number of allylic oxidation sites excluding steroid dienone is 3. The van der Waals surface area contributed by atoms with Gasteiger partial charge in [-0.3, -0.25) is 4.79 Å². The van der Waals surface area contributed by atoms with Crippen LogP contribution in [-0.2, 0) is 9.53 Å². The fraction of sp³-hybridized carbons (Fsp3) is 0.647. The van der Waals surface area contributed by atoms with Crippen LogP contribution in [0.5, 0.6) is 0 Å². The molecule has 2 N–H and O–H groups in total. The van der Waals surface area contributed by atoms with Crippen LogP contribution in [0.1, 0.15) is 64.7 Å². The van der Waals surface area contributed by atoms with E-state index in [1.54, 1.807) is 0 Å². The lowest BCUT2D eigenvalue weighted by Gasteiger charge is -2.30. The third-order valence-corrected chi connectivity index (χ3v) is 4.32. The van der Waals surface area contributed by atoms with Crippen molar-refractivity contribution in [3.05, 3.63) is 22.8 Å². The predicted octanol–water partition coefficient (Wildman–Crippen LogP) is 3.69. The lowest BCUT2D eigenvalue weighted by atomic mass is 9.79. The molecular formula is C17H24N2O2. The van der Waals surface area contributed by atoms with E-state index < -0.39 is 0 Å². The van der Waals surface area contributed by atoms with Gasteiger partial charge in [0.05, 0.1) is 5.57 Å². The molecule has 0 saturated heterocycles. The molecule has 0 amide bonds. The van der Waals surface area contributed by atoms with Crippen LogP contribution in [0, 0.1) is 17.2 Å². The predicted molar refractivity (Wildman–Crippen MR) is 80.7 cm³/mol. The number of unbranched alkanes of at least 4 members (excludes halogenated alkanes) is 4. The molecule has 114 valence electrons. The molecule has 4 nitrogen and oxygen atoms in total. The molecule has 1 aliphatic heterocycles. The summed E-state index contributed by atoms with van der Waals surface area (Å²) in [7, 11) is 0. The Balaban J connectivity index is 2.11. The van der Waals surface area contributed by atoms with Crippen molar-refractivity contribution in [3.8, 4) is 6.07 Å². The van der Waals surface area contributed by atoms with Crippen molar-refractivity contribution < 1.29 is 9.53 Å². The Morgan fingerprint density at radius 3 is 2.76 bits per heavy atom. The zero-order valence-electron chi connectivity index (χ0n) is 12.8. The average Bonchev–Trinajstić information content (AvgIpc) is 2.46. The van der Waals surface area contributed by atoms with Gasteiger partial charge in [-0.25, -0.2) is 0 Å². The third-order valence-electron chi connectivity index (χ3n) is 4.32. The van der Waals surface area contributed by atoms with E-state index in [-0.39, 0.29) is 17.6 Å². The molecule has 0 saturated carbocycles. The number of hydrogen-bond donors (Lipinski definition) is 1. The van der Waals surface area contributed by atoms with Gasteiger partial charge in [-0.1, -0.05) is 39.0 Å². The lowest BCUT2D eigenvalue weighted by molar-refractivity contribution is -0.117. The van der Waals surface area contributed by atoms with Gasteiger partial charge in [0, 0.05) is 24.3 Å². The number of nitriles is 1. The van der Waals surface area contributed by atoms with Gasteiger partial charge in [0.2, 0.25) is 5.88 Å². The zero-order chi connectivity index (χ0) is 15.2. The van der Waals surface area contributed by atoms with E-state index in [0.29, 0.717) is 17.8 Å². The fourth-order valence-corrected chi connectivity index (χ4v) is 3.21. The molecule has 0 spiro atoms. The number of carbonyl (C=O) groups is 1. The van der Waals surface area contributed by atoms with E-state index >= 15 is 0 Å². The Kier molecular flexibility index (Phi) is 5.44. The number of Topliss-reactive ketones (excluding diaryl/α,β-unsaturated/α-hetero) is 1. The van der Waals surface area contributed by atoms with E-state index in [1.807, 2.05) is 0 Å². The summed E-state index contributed by atoms with van der Waals surface area (Å²) >= 11 is 0. The molecule has 1 aliphatic carbocycles. The number of ether oxygens (including phenoxy) is 1. The number of rotatable bonds is 6. The Morgan fingerprint density at radius 2 is 2.05 bits per heavy atom. The summed E-state index contributed by atoms with van der Waals surface area (Å²) in [5.41, 5.74) is 7.04. The highest BCUT2D eigenvalue weighted by Crippen LogP contribution is 2.40. The lowest BCUT2D eigenvalue weighted by Crippen LogP contribution is -2.28. The van der Waals surface area contributed by atoms with E-state index in [2.05, 4.69) is 13.0 Å². The summed E-state index contributed by atoms with van der Waals surface area (Å²) in [4.78, 5) is 12.2. The molecule has 21 heavy (non-hydrogen) atoms. The van der Waals surface area contributed by atoms with Crippen LogP contribution in [0.15, 0.2) is 22.8 Å². The normalized spacial score (nSPS) is 21.9. The maximum absolute atomic E-state index is 12.2. The van der Waals surface area contributed by atoms with Crippen LogP contribution in [-0.4, -0.2) is 5.78 Å². The molecule has 2 rings (SSSR count). The van der Waals surface area contributed by atoms with E-state index in [0.717, 1.165) is 37.7 Å². The molecule has 0 radical (unpaired) electrons. The quantitative estimate of drug-likeness (QED) is 0.756. The molecule has 0 aromatic carbocycles. The summed E-state index contributed by atoms with van der Waals surface area (Å²) in [6, 6.07) is 2.15. The Morgan fingerprint density at radius 1 is 1.29 bits per heavy atom.